The predicted octanol–water partition coefficient (Wildman–Crippen LogP) is 1.99. The van der Waals surface area contributed by atoms with Gasteiger partial charge < -0.3 is 20.5 Å². The van der Waals surface area contributed by atoms with Gasteiger partial charge in [-0.05, 0) is 40.5 Å². The molecule has 0 aliphatic rings. The molecule has 1 rings (SSSR count). The van der Waals surface area contributed by atoms with Gasteiger partial charge in [0.05, 0.1) is 11.6 Å². The number of carbonyl (C=O) groups excluding carboxylic acids is 1. The minimum atomic E-state index is -0.649. The lowest BCUT2D eigenvalue weighted by atomic mass is 10.2. The van der Waals surface area contributed by atoms with Gasteiger partial charge in [-0.3, -0.25) is 4.79 Å². The van der Waals surface area contributed by atoms with Crippen molar-refractivity contribution < 1.29 is 14.3 Å². The summed E-state index contributed by atoms with van der Waals surface area (Å²) in [5.41, 5.74) is 6.51. The summed E-state index contributed by atoms with van der Waals surface area (Å²) in [5, 5.41) is 2.67. The first-order chi connectivity index (χ1) is 9.53. The molecular formula is C14H19BrN2O3. The first-order valence-electron chi connectivity index (χ1n) is 6.15. The largest absolute Gasteiger partial charge is 0.493 e. The summed E-state index contributed by atoms with van der Waals surface area (Å²) in [6.07, 6.45) is 0.959. The lowest BCUT2D eigenvalue weighted by Gasteiger charge is -2.18. The van der Waals surface area contributed by atoms with E-state index in [4.69, 9.17) is 15.2 Å². The molecule has 1 aromatic carbocycles. The van der Waals surface area contributed by atoms with Gasteiger partial charge in [-0.15, -0.1) is 6.58 Å². The zero-order chi connectivity index (χ0) is 15.1. The van der Waals surface area contributed by atoms with E-state index in [0.29, 0.717) is 29.1 Å². The molecule has 0 aliphatic carbocycles. The highest BCUT2D eigenvalue weighted by molar-refractivity contribution is 9.10. The van der Waals surface area contributed by atoms with Crippen LogP contribution in [-0.4, -0.2) is 25.7 Å². The number of nitrogens with two attached hydrogens (primary N) is 1. The Morgan fingerprint density at radius 2 is 2.30 bits per heavy atom. The Hall–Kier alpha value is -1.53. The van der Waals surface area contributed by atoms with Crippen molar-refractivity contribution in [2.45, 2.75) is 19.6 Å². The molecule has 0 radical (unpaired) electrons. The van der Waals surface area contributed by atoms with E-state index in [1.165, 1.54) is 7.11 Å². The van der Waals surface area contributed by atoms with Crippen molar-refractivity contribution >= 4 is 21.8 Å². The van der Waals surface area contributed by atoms with Gasteiger partial charge in [0.15, 0.2) is 17.6 Å². The molecule has 0 spiro atoms. The zero-order valence-electron chi connectivity index (χ0n) is 11.6. The number of hydrogen-bond donors (Lipinski definition) is 2. The maximum absolute atomic E-state index is 11.8. The third kappa shape index (κ3) is 4.25. The molecule has 0 bridgehead atoms. The van der Waals surface area contributed by atoms with Crippen LogP contribution in [-0.2, 0) is 11.3 Å². The number of hydrogen-bond acceptors (Lipinski definition) is 4. The SMILES string of the molecule is C=CCNC(=O)C(C)Oc1c(Br)cc(CN)cc1OC. The zero-order valence-corrected chi connectivity index (χ0v) is 13.2. The van der Waals surface area contributed by atoms with E-state index < -0.39 is 6.10 Å². The van der Waals surface area contributed by atoms with Crippen molar-refractivity contribution in [3.05, 3.63) is 34.8 Å². The van der Waals surface area contributed by atoms with E-state index in [-0.39, 0.29) is 5.91 Å². The van der Waals surface area contributed by atoms with Gasteiger partial charge in [-0.1, -0.05) is 6.08 Å². The number of halogens is 1. The number of methoxy groups -OCH3 is 1. The number of amides is 1. The lowest BCUT2D eigenvalue weighted by molar-refractivity contribution is -0.127. The van der Waals surface area contributed by atoms with Gasteiger partial charge in [0.25, 0.3) is 5.91 Å². The van der Waals surface area contributed by atoms with Crippen molar-refractivity contribution in [2.75, 3.05) is 13.7 Å². The molecule has 3 N–H and O–H groups in total. The summed E-state index contributed by atoms with van der Waals surface area (Å²) in [5.74, 6) is 0.788. The van der Waals surface area contributed by atoms with Gasteiger partial charge in [0.1, 0.15) is 0 Å². The molecule has 0 saturated heterocycles. The number of nitrogens with one attached hydrogen (secondary N) is 1. The van der Waals surface area contributed by atoms with E-state index >= 15 is 0 Å². The van der Waals surface area contributed by atoms with Crippen LogP contribution in [0, 0.1) is 0 Å². The van der Waals surface area contributed by atoms with Crippen LogP contribution >= 0.6 is 15.9 Å². The maximum atomic E-state index is 11.8. The van der Waals surface area contributed by atoms with Gasteiger partial charge in [-0.2, -0.15) is 0 Å². The van der Waals surface area contributed by atoms with Crippen LogP contribution in [0.5, 0.6) is 11.5 Å². The third-order valence-electron chi connectivity index (χ3n) is 2.61. The first kappa shape index (κ1) is 16.5. The van der Waals surface area contributed by atoms with Crippen LogP contribution in [0.2, 0.25) is 0 Å². The molecule has 0 aliphatic heterocycles. The lowest BCUT2D eigenvalue weighted by Crippen LogP contribution is -2.36. The Bertz CT molecular complexity index is 492. The molecule has 6 heteroatoms. The fourth-order valence-electron chi connectivity index (χ4n) is 1.55. The van der Waals surface area contributed by atoms with E-state index in [1.54, 1.807) is 19.1 Å². The molecule has 0 fully saturated rings. The summed E-state index contributed by atoms with van der Waals surface area (Å²) in [6, 6.07) is 3.63. The van der Waals surface area contributed by atoms with Gasteiger partial charge in [-0.25, -0.2) is 0 Å². The van der Waals surface area contributed by atoms with Crippen LogP contribution in [0.3, 0.4) is 0 Å². The minimum Gasteiger partial charge on any atom is -0.493 e. The van der Waals surface area contributed by atoms with Crippen molar-refractivity contribution in [3.8, 4) is 11.5 Å². The standard InChI is InChI=1S/C14H19BrN2O3/c1-4-5-17-14(18)9(2)20-13-11(15)6-10(8-16)7-12(13)19-3/h4,6-7,9H,1,5,8,16H2,2-3H3,(H,17,18). The quantitative estimate of drug-likeness (QED) is 0.743. The summed E-state index contributed by atoms with van der Waals surface area (Å²) < 4.78 is 11.6. The Labute approximate surface area is 127 Å². The first-order valence-corrected chi connectivity index (χ1v) is 6.94. The van der Waals surface area contributed by atoms with Gasteiger partial charge in [0.2, 0.25) is 0 Å². The second kappa shape index (κ2) is 7.91. The van der Waals surface area contributed by atoms with Crippen LogP contribution in [0.1, 0.15) is 12.5 Å². The molecule has 1 atom stereocenters. The topological polar surface area (TPSA) is 73.6 Å². The van der Waals surface area contributed by atoms with Crippen molar-refractivity contribution in [1.82, 2.24) is 5.32 Å². The maximum Gasteiger partial charge on any atom is 0.261 e. The number of benzene rings is 1. The Morgan fingerprint density at radius 1 is 1.60 bits per heavy atom. The molecule has 1 amide bonds. The molecule has 20 heavy (non-hydrogen) atoms. The molecule has 110 valence electrons. The summed E-state index contributed by atoms with van der Waals surface area (Å²) >= 11 is 3.40. The molecular weight excluding hydrogens is 324 g/mol. The summed E-state index contributed by atoms with van der Waals surface area (Å²) in [4.78, 5) is 11.8. The fourth-order valence-corrected chi connectivity index (χ4v) is 2.14. The average molecular weight is 343 g/mol. The fraction of sp³-hybridized carbons (Fsp3) is 0.357. The smallest absolute Gasteiger partial charge is 0.261 e. The van der Waals surface area contributed by atoms with Crippen molar-refractivity contribution in [2.24, 2.45) is 5.73 Å². The second-order valence-electron chi connectivity index (χ2n) is 4.11. The predicted molar refractivity (Wildman–Crippen MR) is 81.9 cm³/mol. The van der Waals surface area contributed by atoms with Gasteiger partial charge >= 0.3 is 0 Å². The van der Waals surface area contributed by atoms with E-state index in [9.17, 15) is 4.79 Å². The Kier molecular flexibility index (Phi) is 6.54. The average Bonchev–Trinajstić information content (AvgIpc) is 2.46. The number of carbonyl (C=O) groups is 1. The van der Waals surface area contributed by atoms with E-state index in [1.807, 2.05) is 6.07 Å². The van der Waals surface area contributed by atoms with E-state index in [0.717, 1.165) is 5.56 Å². The number of rotatable bonds is 7. The minimum absolute atomic E-state index is 0.221. The molecule has 5 nitrogen and oxygen atoms in total. The molecule has 1 unspecified atom stereocenters. The van der Waals surface area contributed by atoms with Crippen LogP contribution in [0.25, 0.3) is 0 Å². The molecule has 1 aromatic rings. The van der Waals surface area contributed by atoms with Crippen molar-refractivity contribution in [3.63, 3.8) is 0 Å². The Balaban J connectivity index is 2.91. The number of ether oxygens (including phenoxy) is 2. The molecule has 0 aromatic heterocycles. The highest BCUT2D eigenvalue weighted by Gasteiger charge is 2.19. The highest BCUT2D eigenvalue weighted by atomic mass is 79.9. The normalized spacial score (nSPS) is 11.6. The monoisotopic (exact) mass is 342 g/mol. The summed E-state index contributed by atoms with van der Waals surface area (Å²) in [7, 11) is 1.54. The Morgan fingerprint density at radius 3 is 2.85 bits per heavy atom. The van der Waals surface area contributed by atoms with E-state index in [2.05, 4.69) is 27.8 Å². The molecule has 0 heterocycles. The highest BCUT2D eigenvalue weighted by Crippen LogP contribution is 2.37. The third-order valence-corrected chi connectivity index (χ3v) is 3.20. The van der Waals surface area contributed by atoms with Crippen molar-refractivity contribution in [1.29, 1.82) is 0 Å². The van der Waals surface area contributed by atoms with Crippen LogP contribution in [0.4, 0.5) is 0 Å². The van der Waals surface area contributed by atoms with Gasteiger partial charge in [0, 0.05) is 13.1 Å². The van der Waals surface area contributed by atoms with Crippen LogP contribution < -0.4 is 20.5 Å². The second-order valence-corrected chi connectivity index (χ2v) is 4.96. The van der Waals surface area contributed by atoms with Crippen LogP contribution in [0.15, 0.2) is 29.3 Å². The summed E-state index contributed by atoms with van der Waals surface area (Å²) in [6.45, 7) is 6.00. The molecule has 0 saturated carbocycles.